The number of aromatic nitrogens is 3. The first-order valence-electron chi connectivity index (χ1n) is 4.36. The molecule has 0 aliphatic heterocycles. The van der Waals surface area contributed by atoms with Gasteiger partial charge in [0, 0.05) is 5.69 Å². The van der Waals surface area contributed by atoms with Crippen LogP contribution in [-0.4, -0.2) is 25.2 Å². The summed E-state index contributed by atoms with van der Waals surface area (Å²) in [6.07, 6.45) is 0. The monoisotopic (exact) mass is 203 g/mol. The maximum Gasteiger partial charge on any atom is 0.218 e. The summed E-state index contributed by atoms with van der Waals surface area (Å²) in [4.78, 5) is 11.7. The van der Waals surface area contributed by atoms with Gasteiger partial charge in [-0.15, -0.1) is 0 Å². The van der Waals surface area contributed by atoms with Crippen LogP contribution in [0.5, 0.6) is 11.8 Å². The maximum absolute atomic E-state index is 9.19. The van der Waals surface area contributed by atoms with E-state index in [0.717, 1.165) is 11.8 Å². The van der Waals surface area contributed by atoms with Crippen molar-refractivity contribution in [2.75, 3.05) is 0 Å². The van der Waals surface area contributed by atoms with E-state index in [1.165, 1.54) is 0 Å². The van der Waals surface area contributed by atoms with Gasteiger partial charge in [0.05, 0.1) is 6.07 Å². The van der Waals surface area contributed by atoms with E-state index in [2.05, 4.69) is 15.0 Å². The van der Waals surface area contributed by atoms with E-state index in [1.807, 2.05) is 19.1 Å². The molecule has 0 unspecified atom stereocenters. The normalized spacial score (nSPS) is 10.2. The van der Waals surface area contributed by atoms with Crippen molar-refractivity contribution in [3.8, 4) is 23.3 Å². The molecule has 2 N–H and O–H groups in total. The molecular weight excluding hydrogens is 194 g/mol. The van der Waals surface area contributed by atoms with E-state index >= 15 is 0 Å². The van der Waals surface area contributed by atoms with Crippen molar-refractivity contribution in [2.24, 2.45) is 0 Å². The Bertz CT molecular complexity index is 480. The molecule has 0 aliphatic carbocycles. The molecule has 2 aromatic heterocycles. The molecule has 0 atom stereocenters. The Kier molecular flexibility index (Phi) is 2.21. The highest BCUT2D eigenvalue weighted by atomic mass is 16.3. The van der Waals surface area contributed by atoms with Gasteiger partial charge in [0.1, 0.15) is 5.69 Å². The molecule has 0 amide bonds. The summed E-state index contributed by atoms with van der Waals surface area (Å²) in [5.74, 6) is -0.349. The largest absolute Gasteiger partial charge is 0.493 e. The quantitative estimate of drug-likeness (QED) is 0.729. The van der Waals surface area contributed by atoms with E-state index in [4.69, 9.17) is 0 Å². The zero-order chi connectivity index (χ0) is 10.8. The van der Waals surface area contributed by atoms with Gasteiger partial charge in [0.15, 0.2) is 5.82 Å². The topological polar surface area (TPSA) is 79.1 Å². The first-order chi connectivity index (χ1) is 7.15. The number of aromatic hydroxyl groups is 2. The molecule has 2 heterocycles. The highest BCUT2D eigenvalue weighted by Gasteiger charge is 2.06. The molecule has 0 bridgehead atoms. The molecule has 0 fully saturated rings. The van der Waals surface area contributed by atoms with Crippen molar-refractivity contribution in [3.63, 3.8) is 0 Å². The molecule has 76 valence electrons. The highest BCUT2D eigenvalue weighted by Crippen LogP contribution is 2.19. The predicted molar refractivity (Wildman–Crippen MR) is 53.3 cm³/mol. The van der Waals surface area contributed by atoms with Crippen molar-refractivity contribution >= 4 is 0 Å². The standard InChI is InChI=1S/C10H9N3O2/c1-6-3-2-4-7(11-6)10-12-8(14)5-9(15)13-10/h2-5H,1H3,(H2,12,13,14,15). The number of aryl methyl sites for hydroxylation is 1. The Morgan fingerprint density at radius 2 is 1.67 bits per heavy atom. The van der Waals surface area contributed by atoms with Crippen molar-refractivity contribution in [2.45, 2.75) is 6.92 Å². The zero-order valence-electron chi connectivity index (χ0n) is 8.05. The number of nitrogens with zero attached hydrogens (tertiary/aromatic N) is 3. The fourth-order valence-corrected chi connectivity index (χ4v) is 1.20. The lowest BCUT2D eigenvalue weighted by Gasteiger charge is -2.01. The SMILES string of the molecule is Cc1cccc(-c2nc(O)cc(O)n2)n1. The molecule has 15 heavy (non-hydrogen) atoms. The summed E-state index contributed by atoms with van der Waals surface area (Å²) in [6, 6.07) is 6.43. The van der Waals surface area contributed by atoms with Gasteiger partial charge in [-0.3, -0.25) is 0 Å². The third kappa shape index (κ3) is 2.01. The molecule has 5 nitrogen and oxygen atoms in total. The second-order valence-electron chi connectivity index (χ2n) is 3.07. The number of hydrogen-bond donors (Lipinski definition) is 2. The van der Waals surface area contributed by atoms with Crippen LogP contribution in [0, 0.1) is 6.92 Å². The third-order valence-corrected chi connectivity index (χ3v) is 1.82. The van der Waals surface area contributed by atoms with E-state index in [-0.39, 0.29) is 17.6 Å². The van der Waals surface area contributed by atoms with Crippen molar-refractivity contribution in [1.29, 1.82) is 0 Å². The summed E-state index contributed by atoms with van der Waals surface area (Å²) >= 11 is 0. The van der Waals surface area contributed by atoms with Gasteiger partial charge in [-0.25, -0.2) is 4.98 Å². The van der Waals surface area contributed by atoms with E-state index < -0.39 is 0 Å². The van der Waals surface area contributed by atoms with Crippen LogP contribution >= 0.6 is 0 Å². The molecule has 2 rings (SSSR count). The van der Waals surface area contributed by atoms with Crippen molar-refractivity contribution < 1.29 is 10.2 Å². The molecule has 0 aromatic carbocycles. The molecule has 2 aromatic rings. The fraction of sp³-hybridized carbons (Fsp3) is 0.100. The highest BCUT2D eigenvalue weighted by molar-refractivity contribution is 5.50. The summed E-state index contributed by atoms with van der Waals surface area (Å²) in [5.41, 5.74) is 1.33. The minimum atomic E-state index is -0.277. The van der Waals surface area contributed by atoms with Gasteiger partial charge in [-0.05, 0) is 19.1 Å². The second kappa shape index (κ2) is 3.53. The Morgan fingerprint density at radius 1 is 1.00 bits per heavy atom. The van der Waals surface area contributed by atoms with Gasteiger partial charge in [-0.1, -0.05) is 6.07 Å². The fourth-order valence-electron chi connectivity index (χ4n) is 1.20. The minimum absolute atomic E-state index is 0.205. The van der Waals surface area contributed by atoms with Gasteiger partial charge < -0.3 is 10.2 Å². The lowest BCUT2D eigenvalue weighted by Crippen LogP contribution is -1.92. The first-order valence-corrected chi connectivity index (χ1v) is 4.36. The summed E-state index contributed by atoms with van der Waals surface area (Å²) in [6.45, 7) is 1.84. The Hall–Kier alpha value is -2.17. The van der Waals surface area contributed by atoms with E-state index in [0.29, 0.717) is 5.69 Å². The maximum atomic E-state index is 9.19. The average Bonchev–Trinajstić information content (AvgIpc) is 2.16. The molecular formula is C10H9N3O2. The number of pyridine rings is 1. The predicted octanol–water partition coefficient (Wildman–Crippen LogP) is 1.26. The zero-order valence-corrected chi connectivity index (χ0v) is 8.05. The lowest BCUT2D eigenvalue weighted by atomic mass is 10.3. The van der Waals surface area contributed by atoms with Crippen LogP contribution in [0.1, 0.15) is 5.69 Å². The summed E-state index contributed by atoms with van der Waals surface area (Å²) < 4.78 is 0. The first kappa shape index (κ1) is 9.39. The Balaban J connectivity index is 2.54. The van der Waals surface area contributed by atoms with Gasteiger partial charge in [0.2, 0.25) is 11.8 Å². The number of rotatable bonds is 1. The number of hydrogen-bond acceptors (Lipinski definition) is 5. The van der Waals surface area contributed by atoms with E-state index in [9.17, 15) is 10.2 Å². The van der Waals surface area contributed by atoms with Gasteiger partial charge >= 0.3 is 0 Å². The van der Waals surface area contributed by atoms with Crippen LogP contribution < -0.4 is 0 Å². The van der Waals surface area contributed by atoms with Crippen LogP contribution in [0.2, 0.25) is 0 Å². The van der Waals surface area contributed by atoms with Gasteiger partial charge in [-0.2, -0.15) is 9.97 Å². The van der Waals surface area contributed by atoms with Crippen LogP contribution in [0.3, 0.4) is 0 Å². The summed E-state index contributed by atoms with van der Waals surface area (Å²) in [7, 11) is 0. The molecule has 0 radical (unpaired) electrons. The molecule has 0 aliphatic rings. The van der Waals surface area contributed by atoms with Crippen LogP contribution in [0.15, 0.2) is 24.3 Å². The van der Waals surface area contributed by atoms with Crippen molar-refractivity contribution in [3.05, 3.63) is 30.0 Å². The molecule has 0 saturated carbocycles. The van der Waals surface area contributed by atoms with Crippen LogP contribution in [0.25, 0.3) is 11.5 Å². The van der Waals surface area contributed by atoms with Crippen molar-refractivity contribution in [1.82, 2.24) is 15.0 Å². The molecule has 5 heteroatoms. The van der Waals surface area contributed by atoms with E-state index in [1.54, 1.807) is 6.07 Å². The molecule has 0 saturated heterocycles. The van der Waals surface area contributed by atoms with Gasteiger partial charge in [0.25, 0.3) is 0 Å². The Labute approximate surface area is 86.1 Å². The smallest absolute Gasteiger partial charge is 0.218 e. The average molecular weight is 203 g/mol. The lowest BCUT2D eigenvalue weighted by molar-refractivity contribution is 0.423. The Morgan fingerprint density at radius 3 is 2.27 bits per heavy atom. The molecule has 0 spiro atoms. The third-order valence-electron chi connectivity index (χ3n) is 1.82. The second-order valence-corrected chi connectivity index (χ2v) is 3.07. The minimum Gasteiger partial charge on any atom is -0.493 e. The summed E-state index contributed by atoms with van der Waals surface area (Å²) in [5, 5.41) is 18.4. The van der Waals surface area contributed by atoms with Crippen LogP contribution in [-0.2, 0) is 0 Å². The van der Waals surface area contributed by atoms with Crippen LogP contribution in [0.4, 0.5) is 0 Å².